The Morgan fingerprint density at radius 2 is 1.94 bits per heavy atom. The zero-order chi connectivity index (χ0) is 11.5. The quantitative estimate of drug-likeness (QED) is 0.832. The molecule has 1 N–H and O–H groups in total. The molecule has 0 saturated heterocycles. The standard InChI is InChI=1S/C12H12N2O2/c1-8-12(16-2)14-11(15)10(13-8)9-6-4-3-5-7-9/h3-7H,1-2H3,(H,14,15). The molecule has 0 aliphatic rings. The molecule has 82 valence electrons. The van der Waals surface area contributed by atoms with Crippen molar-refractivity contribution in [3.8, 4) is 17.1 Å². The van der Waals surface area contributed by atoms with Crippen LogP contribution < -0.4 is 10.3 Å². The third kappa shape index (κ3) is 1.82. The summed E-state index contributed by atoms with van der Waals surface area (Å²) < 4.78 is 5.00. The van der Waals surface area contributed by atoms with Gasteiger partial charge in [0, 0.05) is 5.56 Å². The van der Waals surface area contributed by atoms with Crippen LogP contribution in [0.4, 0.5) is 0 Å². The third-order valence-corrected chi connectivity index (χ3v) is 2.30. The lowest BCUT2D eigenvalue weighted by atomic mass is 10.1. The fourth-order valence-electron chi connectivity index (χ4n) is 1.51. The van der Waals surface area contributed by atoms with Crippen molar-refractivity contribution in [3.63, 3.8) is 0 Å². The number of aromatic amines is 1. The summed E-state index contributed by atoms with van der Waals surface area (Å²) in [6, 6.07) is 9.34. The number of benzene rings is 1. The minimum Gasteiger partial charge on any atom is -0.481 e. The number of hydrogen-bond donors (Lipinski definition) is 1. The molecule has 1 aromatic carbocycles. The number of methoxy groups -OCH3 is 1. The van der Waals surface area contributed by atoms with E-state index in [2.05, 4.69) is 9.97 Å². The first kappa shape index (κ1) is 10.4. The fourth-order valence-corrected chi connectivity index (χ4v) is 1.51. The van der Waals surface area contributed by atoms with Gasteiger partial charge in [-0.1, -0.05) is 30.3 Å². The second-order valence-corrected chi connectivity index (χ2v) is 3.40. The minimum atomic E-state index is -0.242. The maximum Gasteiger partial charge on any atom is 0.277 e. The number of aromatic nitrogens is 2. The van der Waals surface area contributed by atoms with Crippen LogP contribution in [0.15, 0.2) is 35.1 Å². The van der Waals surface area contributed by atoms with Crippen LogP contribution in [0, 0.1) is 6.92 Å². The van der Waals surface area contributed by atoms with Crippen LogP contribution in [0.3, 0.4) is 0 Å². The van der Waals surface area contributed by atoms with Crippen LogP contribution >= 0.6 is 0 Å². The lowest BCUT2D eigenvalue weighted by Gasteiger charge is -2.05. The van der Waals surface area contributed by atoms with Gasteiger partial charge in [-0.2, -0.15) is 0 Å². The van der Waals surface area contributed by atoms with Crippen LogP contribution in [0.25, 0.3) is 11.3 Å². The van der Waals surface area contributed by atoms with Crippen molar-refractivity contribution in [2.24, 2.45) is 0 Å². The van der Waals surface area contributed by atoms with E-state index in [0.717, 1.165) is 5.56 Å². The molecule has 0 aliphatic carbocycles. The number of nitrogens with one attached hydrogen (secondary N) is 1. The van der Waals surface area contributed by atoms with E-state index in [-0.39, 0.29) is 5.56 Å². The first-order valence-electron chi connectivity index (χ1n) is 4.92. The molecule has 0 amide bonds. The lowest BCUT2D eigenvalue weighted by Crippen LogP contribution is -2.14. The van der Waals surface area contributed by atoms with Gasteiger partial charge >= 0.3 is 0 Å². The van der Waals surface area contributed by atoms with Gasteiger partial charge in [0.2, 0.25) is 5.88 Å². The van der Waals surface area contributed by atoms with Crippen molar-refractivity contribution in [1.29, 1.82) is 0 Å². The Bertz CT molecular complexity index is 547. The molecule has 4 heteroatoms. The predicted molar refractivity (Wildman–Crippen MR) is 61.6 cm³/mol. The van der Waals surface area contributed by atoms with Crippen molar-refractivity contribution in [1.82, 2.24) is 9.97 Å². The topological polar surface area (TPSA) is 55.0 Å². The highest BCUT2D eigenvalue weighted by molar-refractivity contribution is 5.58. The Labute approximate surface area is 92.9 Å². The van der Waals surface area contributed by atoms with Gasteiger partial charge in [0.05, 0.1) is 12.8 Å². The smallest absolute Gasteiger partial charge is 0.277 e. The van der Waals surface area contributed by atoms with E-state index >= 15 is 0 Å². The highest BCUT2D eigenvalue weighted by atomic mass is 16.5. The molecule has 0 atom stereocenters. The molecule has 2 rings (SSSR count). The van der Waals surface area contributed by atoms with E-state index < -0.39 is 0 Å². The summed E-state index contributed by atoms with van der Waals surface area (Å²) in [4.78, 5) is 18.7. The van der Waals surface area contributed by atoms with Crippen LogP contribution in [0.5, 0.6) is 5.88 Å². The van der Waals surface area contributed by atoms with E-state index in [9.17, 15) is 4.79 Å². The van der Waals surface area contributed by atoms with E-state index in [0.29, 0.717) is 17.3 Å². The van der Waals surface area contributed by atoms with Crippen molar-refractivity contribution < 1.29 is 4.74 Å². The maximum absolute atomic E-state index is 11.8. The van der Waals surface area contributed by atoms with Gasteiger partial charge < -0.3 is 4.74 Å². The summed E-state index contributed by atoms with van der Waals surface area (Å²) in [5.74, 6) is 0.407. The van der Waals surface area contributed by atoms with Crippen LogP contribution in [-0.4, -0.2) is 17.1 Å². The molecule has 0 saturated carbocycles. The number of hydrogen-bond acceptors (Lipinski definition) is 3. The Balaban J connectivity index is 2.60. The van der Waals surface area contributed by atoms with Gasteiger partial charge in [-0.15, -0.1) is 0 Å². The van der Waals surface area contributed by atoms with Crippen molar-refractivity contribution in [3.05, 3.63) is 46.4 Å². The third-order valence-electron chi connectivity index (χ3n) is 2.30. The molecule has 0 aliphatic heterocycles. The molecular formula is C12H12N2O2. The molecule has 2 aromatic rings. The largest absolute Gasteiger partial charge is 0.481 e. The Morgan fingerprint density at radius 1 is 1.25 bits per heavy atom. The summed E-state index contributed by atoms with van der Waals surface area (Å²) in [7, 11) is 1.50. The normalized spacial score (nSPS) is 10.1. The SMILES string of the molecule is COc1[nH]c(=O)c(-c2ccccc2)nc1C. The average molecular weight is 216 g/mol. The zero-order valence-corrected chi connectivity index (χ0v) is 9.15. The number of rotatable bonds is 2. The van der Waals surface area contributed by atoms with E-state index in [1.165, 1.54) is 7.11 Å². The maximum atomic E-state index is 11.8. The second kappa shape index (κ2) is 4.18. The summed E-state index contributed by atoms with van der Waals surface area (Å²) >= 11 is 0. The number of nitrogens with zero attached hydrogens (tertiary/aromatic N) is 1. The first-order chi connectivity index (χ1) is 7.72. The summed E-state index contributed by atoms with van der Waals surface area (Å²) in [6.45, 7) is 1.79. The summed E-state index contributed by atoms with van der Waals surface area (Å²) in [6.07, 6.45) is 0. The molecule has 0 fully saturated rings. The van der Waals surface area contributed by atoms with Crippen LogP contribution in [0.2, 0.25) is 0 Å². The molecule has 4 nitrogen and oxygen atoms in total. The summed E-state index contributed by atoms with van der Waals surface area (Å²) in [5.41, 5.74) is 1.64. The fraction of sp³-hybridized carbons (Fsp3) is 0.167. The highest BCUT2D eigenvalue weighted by Gasteiger charge is 2.08. The Kier molecular flexibility index (Phi) is 2.72. The van der Waals surface area contributed by atoms with Crippen LogP contribution in [0.1, 0.15) is 5.69 Å². The molecular weight excluding hydrogens is 204 g/mol. The molecule has 0 spiro atoms. The molecule has 0 unspecified atom stereocenters. The summed E-state index contributed by atoms with van der Waals surface area (Å²) in [5, 5.41) is 0. The monoisotopic (exact) mass is 216 g/mol. The van der Waals surface area contributed by atoms with Gasteiger partial charge in [-0.05, 0) is 6.92 Å². The van der Waals surface area contributed by atoms with Crippen molar-refractivity contribution in [2.75, 3.05) is 7.11 Å². The molecule has 1 heterocycles. The molecule has 0 radical (unpaired) electrons. The van der Waals surface area contributed by atoms with Gasteiger partial charge in [-0.25, -0.2) is 4.98 Å². The van der Waals surface area contributed by atoms with Crippen molar-refractivity contribution >= 4 is 0 Å². The minimum absolute atomic E-state index is 0.242. The predicted octanol–water partition coefficient (Wildman–Crippen LogP) is 1.75. The zero-order valence-electron chi connectivity index (χ0n) is 9.15. The van der Waals surface area contributed by atoms with Crippen molar-refractivity contribution in [2.45, 2.75) is 6.92 Å². The van der Waals surface area contributed by atoms with Gasteiger partial charge in [0.15, 0.2) is 0 Å². The lowest BCUT2D eigenvalue weighted by molar-refractivity contribution is 0.390. The number of aryl methyl sites for hydroxylation is 1. The molecule has 16 heavy (non-hydrogen) atoms. The number of ether oxygens (including phenoxy) is 1. The second-order valence-electron chi connectivity index (χ2n) is 3.40. The Hall–Kier alpha value is -2.10. The number of H-pyrrole nitrogens is 1. The van der Waals surface area contributed by atoms with Gasteiger partial charge in [-0.3, -0.25) is 9.78 Å². The van der Waals surface area contributed by atoms with E-state index in [1.807, 2.05) is 30.3 Å². The highest BCUT2D eigenvalue weighted by Crippen LogP contribution is 2.15. The molecule has 0 bridgehead atoms. The van der Waals surface area contributed by atoms with Gasteiger partial charge in [0.1, 0.15) is 5.69 Å². The van der Waals surface area contributed by atoms with Gasteiger partial charge in [0.25, 0.3) is 5.56 Å². The molecule has 1 aromatic heterocycles. The van der Waals surface area contributed by atoms with Crippen LogP contribution in [-0.2, 0) is 0 Å². The van der Waals surface area contributed by atoms with E-state index in [1.54, 1.807) is 6.92 Å². The van der Waals surface area contributed by atoms with E-state index in [4.69, 9.17) is 4.74 Å². The average Bonchev–Trinajstić information content (AvgIpc) is 2.32. The Morgan fingerprint density at radius 3 is 2.56 bits per heavy atom. The first-order valence-corrected chi connectivity index (χ1v) is 4.92.